The third-order valence-electron chi connectivity index (χ3n) is 12.0. The number of alkyl carbamates (subject to hydrolysis) is 1. The number of carbonyl (C=O) groups excluding carboxylic acids is 4. The number of carbonyl (C=O) groups is 4. The second kappa shape index (κ2) is 15.1. The zero-order valence-corrected chi connectivity index (χ0v) is 33.7. The quantitative estimate of drug-likeness (QED) is 0.328. The van der Waals surface area contributed by atoms with E-state index < -0.39 is 80.1 Å². The lowest BCUT2D eigenvalue weighted by atomic mass is 9.85. The van der Waals surface area contributed by atoms with Gasteiger partial charge in [0.2, 0.25) is 27.7 Å². The number of benzene rings is 1. The summed E-state index contributed by atoms with van der Waals surface area (Å²) in [7, 11) is -2.34. The van der Waals surface area contributed by atoms with E-state index in [4.69, 9.17) is 24.2 Å². The Bertz CT molecular complexity index is 2020. The molecule has 4 fully saturated rings. The van der Waals surface area contributed by atoms with Crippen molar-refractivity contribution in [1.82, 2.24) is 30.2 Å². The van der Waals surface area contributed by atoms with Crippen molar-refractivity contribution in [1.29, 1.82) is 0 Å². The number of hydrogen-bond donors (Lipinski definition) is 3. The standard InChI is InChI=1S/C40H54N6O9S/c1-7-23-20-40(23,37(49)45-56(51,52)25-15-16-25)44-34(47)32-26(8-2)31-21-46(32)36(48)33(39(3,4)5)43-38(50)55-30-18-22(30)12-10-9-11-13-28-35(54-31)42-29-19-24(53-6)14-17-27(29)41-28/h7,14,17,19,22-23,25-26,30-33H,1,8-13,15-16,18,20-21H2,2-6H3,(H,43,50)(H,44,47)(H,45,49)/t22?,23-,26-,30-,31+,32+,33-,40-/m1/s1. The van der Waals surface area contributed by atoms with E-state index in [1.54, 1.807) is 13.2 Å². The molecule has 15 nitrogen and oxygen atoms in total. The monoisotopic (exact) mass is 794 g/mol. The molecule has 3 N–H and O–H groups in total. The molecule has 7 rings (SSSR count). The number of rotatable bonds is 8. The normalized spacial score (nSPS) is 30.9. The van der Waals surface area contributed by atoms with Gasteiger partial charge in [0.1, 0.15) is 41.3 Å². The molecule has 1 aromatic heterocycles. The SMILES string of the molecule is C=C[C@@H]1C[C@]1(NC(=O)[C@@H]1[C@H](CC)[C@@H]2CN1C(=O)[C@H](C(C)(C)C)NC(=O)O[C@@H]1CC1CCCCCc1nc3ccc(OC)cc3nc1O2)C(=O)NS(=O)(=O)C1CC1. The molecule has 3 saturated carbocycles. The molecule has 1 unspecified atom stereocenters. The Labute approximate surface area is 328 Å². The van der Waals surface area contributed by atoms with E-state index in [-0.39, 0.29) is 25.0 Å². The third-order valence-corrected chi connectivity index (χ3v) is 13.8. The fourth-order valence-corrected chi connectivity index (χ4v) is 9.65. The minimum Gasteiger partial charge on any atom is -0.497 e. The van der Waals surface area contributed by atoms with Crippen molar-refractivity contribution in [2.75, 3.05) is 13.7 Å². The first-order chi connectivity index (χ1) is 26.6. The van der Waals surface area contributed by atoms with Crippen LogP contribution in [0.2, 0.25) is 0 Å². The summed E-state index contributed by atoms with van der Waals surface area (Å²) in [4.78, 5) is 67.9. The van der Waals surface area contributed by atoms with E-state index in [1.807, 2.05) is 39.8 Å². The first kappa shape index (κ1) is 39.8. The number of nitrogens with zero attached hydrogens (tertiary/aromatic N) is 3. The average Bonchev–Trinajstić information content (AvgIpc) is 4.07. The summed E-state index contributed by atoms with van der Waals surface area (Å²) in [6.45, 7) is 11.1. The van der Waals surface area contributed by atoms with Crippen molar-refractivity contribution < 1.29 is 41.8 Å². The maximum atomic E-state index is 14.9. The molecule has 4 amide bonds. The van der Waals surface area contributed by atoms with Gasteiger partial charge in [-0.3, -0.25) is 19.1 Å². The number of fused-ring (bicyclic) bond motifs is 5. The van der Waals surface area contributed by atoms with Crippen molar-refractivity contribution in [2.45, 2.75) is 127 Å². The molecule has 2 bridgehead atoms. The first-order valence-electron chi connectivity index (χ1n) is 19.9. The first-order valence-corrected chi connectivity index (χ1v) is 21.4. The minimum absolute atomic E-state index is 0.0408. The predicted molar refractivity (Wildman–Crippen MR) is 206 cm³/mol. The highest BCUT2D eigenvalue weighted by molar-refractivity contribution is 7.91. The van der Waals surface area contributed by atoms with Crippen LogP contribution in [-0.2, 0) is 35.6 Å². The summed E-state index contributed by atoms with van der Waals surface area (Å²) in [5, 5.41) is 5.05. The summed E-state index contributed by atoms with van der Waals surface area (Å²) < 4.78 is 45.8. The van der Waals surface area contributed by atoms with Crippen LogP contribution in [0.3, 0.4) is 0 Å². The second-order valence-electron chi connectivity index (χ2n) is 17.2. The van der Waals surface area contributed by atoms with Gasteiger partial charge in [0, 0.05) is 17.9 Å². The van der Waals surface area contributed by atoms with Gasteiger partial charge in [0.25, 0.3) is 5.91 Å². The number of aromatic nitrogens is 2. The van der Waals surface area contributed by atoms with Crippen LogP contribution in [0.4, 0.5) is 4.79 Å². The zero-order valence-electron chi connectivity index (χ0n) is 32.8. The third kappa shape index (κ3) is 8.03. The van der Waals surface area contributed by atoms with E-state index >= 15 is 0 Å². The highest BCUT2D eigenvalue weighted by Gasteiger charge is 2.63. The molecule has 3 heterocycles. The van der Waals surface area contributed by atoms with E-state index in [2.05, 4.69) is 21.9 Å². The van der Waals surface area contributed by atoms with Crippen molar-refractivity contribution in [3.63, 3.8) is 0 Å². The van der Waals surface area contributed by atoms with Crippen LogP contribution in [0.15, 0.2) is 30.9 Å². The number of sulfonamides is 1. The number of methoxy groups -OCH3 is 1. The summed E-state index contributed by atoms with van der Waals surface area (Å²) >= 11 is 0. The number of hydrogen-bond acceptors (Lipinski definition) is 11. The Morgan fingerprint density at radius 2 is 1.86 bits per heavy atom. The maximum Gasteiger partial charge on any atom is 0.408 e. The van der Waals surface area contributed by atoms with Crippen LogP contribution >= 0.6 is 0 Å². The largest absolute Gasteiger partial charge is 0.497 e. The number of amides is 4. The summed E-state index contributed by atoms with van der Waals surface area (Å²) in [6.07, 6.45) is 6.26. The van der Waals surface area contributed by atoms with E-state index in [1.165, 1.54) is 11.0 Å². The van der Waals surface area contributed by atoms with Gasteiger partial charge in [0.05, 0.1) is 29.9 Å². The van der Waals surface area contributed by atoms with Gasteiger partial charge in [-0.25, -0.2) is 23.2 Å². The molecule has 2 aromatic rings. The van der Waals surface area contributed by atoms with Gasteiger partial charge in [-0.2, -0.15) is 0 Å². The van der Waals surface area contributed by atoms with Crippen LogP contribution in [0.25, 0.3) is 11.0 Å². The predicted octanol–water partition coefficient (Wildman–Crippen LogP) is 3.94. The fraction of sp³-hybridized carbons (Fsp3) is 0.650. The summed E-state index contributed by atoms with van der Waals surface area (Å²) in [6, 6.07) is 3.19. The zero-order chi connectivity index (χ0) is 40.2. The number of nitrogens with one attached hydrogen (secondary N) is 3. The molecule has 16 heteroatoms. The average molecular weight is 795 g/mol. The van der Waals surface area contributed by atoms with Gasteiger partial charge < -0.3 is 29.7 Å². The van der Waals surface area contributed by atoms with Crippen LogP contribution in [-0.4, -0.2) is 95.8 Å². The topological polar surface area (TPSA) is 195 Å². The minimum atomic E-state index is -3.92. The van der Waals surface area contributed by atoms with Crippen molar-refractivity contribution in [3.05, 3.63) is 36.5 Å². The highest BCUT2D eigenvalue weighted by Crippen LogP contribution is 2.46. The molecular formula is C40H54N6O9S. The lowest BCUT2D eigenvalue weighted by molar-refractivity contribution is -0.143. The Morgan fingerprint density at radius 3 is 2.52 bits per heavy atom. The van der Waals surface area contributed by atoms with Crippen molar-refractivity contribution >= 4 is 44.9 Å². The van der Waals surface area contributed by atoms with E-state index in [0.29, 0.717) is 54.0 Å². The number of aryl methyl sites for hydroxylation is 1. The fourth-order valence-electron chi connectivity index (χ4n) is 8.29. The van der Waals surface area contributed by atoms with Gasteiger partial charge in [-0.15, -0.1) is 6.58 Å². The Hall–Kier alpha value is -4.47. The molecular weight excluding hydrogens is 741 g/mol. The van der Waals surface area contributed by atoms with Crippen molar-refractivity contribution in [3.8, 4) is 11.6 Å². The molecule has 0 radical (unpaired) electrons. The summed E-state index contributed by atoms with van der Waals surface area (Å²) in [5.74, 6) is -1.98. The van der Waals surface area contributed by atoms with Crippen LogP contribution < -0.4 is 24.8 Å². The highest BCUT2D eigenvalue weighted by atomic mass is 32.2. The second-order valence-corrected chi connectivity index (χ2v) is 19.1. The molecule has 1 saturated heterocycles. The molecule has 304 valence electrons. The van der Waals surface area contributed by atoms with Crippen LogP contribution in [0, 0.1) is 23.2 Å². The maximum absolute atomic E-state index is 14.9. The van der Waals surface area contributed by atoms with E-state index in [9.17, 15) is 27.6 Å². The molecule has 1 aromatic carbocycles. The lowest BCUT2D eigenvalue weighted by Gasteiger charge is -2.36. The molecule has 5 aliphatic rings. The van der Waals surface area contributed by atoms with E-state index in [0.717, 1.165) is 32.1 Å². The van der Waals surface area contributed by atoms with Gasteiger partial charge in [-0.1, -0.05) is 46.6 Å². The molecule has 2 aliphatic heterocycles. The Balaban J connectivity index is 1.26. The molecule has 0 spiro atoms. The molecule has 8 atom stereocenters. The van der Waals surface area contributed by atoms with Gasteiger partial charge in [0.15, 0.2) is 0 Å². The van der Waals surface area contributed by atoms with Crippen LogP contribution in [0.5, 0.6) is 11.6 Å². The summed E-state index contributed by atoms with van der Waals surface area (Å²) in [5.41, 5.74) is -0.469. The Morgan fingerprint density at radius 1 is 1.09 bits per heavy atom. The van der Waals surface area contributed by atoms with Gasteiger partial charge >= 0.3 is 6.09 Å². The van der Waals surface area contributed by atoms with Crippen molar-refractivity contribution in [2.24, 2.45) is 23.2 Å². The molecule has 56 heavy (non-hydrogen) atoms. The molecule has 3 aliphatic carbocycles. The lowest BCUT2D eigenvalue weighted by Crippen LogP contribution is -2.61. The van der Waals surface area contributed by atoms with Crippen LogP contribution in [0.1, 0.15) is 91.2 Å². The number of ether oxygens (including phenoxy) is 3. The smallest absolute Gasteiger partial charge is 0.408 e. The Kier molecular flexibility index (Phi) is 10.7. The van der Waals surface area contributed by atoms with Gasteiger partial charge in [-0.05, 0) is 74.8 Å².